The van der Waals surface area contributed by atoms with Crippen LogP contribution in [0.15, 0.2) is 14.3 Å². The van der Waals surface area contributed by atoms with Crippen molar-refractivity contribution in [1.82, 2.24) is 10.6 Å². The molecule has 4 nitrogen and oxygen atoms in total. The highest BCUT2D eigenvalue weighted by molar-refractivity contribution is 9.13. The van der Waals surface area contributed by atoms with Crippen LogP contribution >= 0.6 is 43.2 Å². The van der Waals surface area contributed by atoms with Gasteiger partial charge in [-0.15, -0.1) is 11.3 Å². The van der Waals surface area contributed by atoms with Crippen LogP contribution < -0.4 is 10.6 Å². The number of hydrogen-bond donors (Lipinski definition) is 2. The molecule has 1 aliphatic rings. The summed E-state index contributed by atoms with van der Waals surface area (Å²) in [4.78, 5) is 24.5. The summed E-state index contributed by atoms with van der Waals surface area (Å²) in [6, 6.07) is 1.78. The number of carbonyl (C=O) groups is 2. The van der Waals surface area contributed by atoms with Crippen molar-refractivity contribution < 1.29 is 9.59 Å². The Hall–Kier alpha value is -0.400. The van der Waals surface area contributed by atoms with Crippen molar-refractivity contribution in [3.8, 4) is 0 Å². The second-order valence-electron chi connectivity index (χ2n) is 5.11. The molecule has 21 heavy (non-hydrogen) atoms. The van der Waals surface area contributed by atoms with E-state index in [0.29, 0.717) is 18.0 Å². The van der Waals surface area contributed by atoms with Gasteiger partial charge >= 0.3 is 0 Å². The molecule has 0 aliphatic heterocycles. The lowest BCUT2D eigenvalue weighted by molar-refractivity contribution is -0.125. The minimum Gasteiger partial charge on any atom is -0.354 e. The van der Waals surface area contributed by atoms with Gasteiger partial charge in [0.15, 0.2) is 0 Å². The number of nitrogens with one attached hydrogen (secondary N) is 2. The van der Waals surface area contributed by atoms with Crippen LogP contribution in [0, 0.1) is 5.92 Å². The molecular formula is C14H18Br2N2O2S. The van der Waals surface area contributed by atoms with Gasteiger partial charge in [0.1, 0.15) is 0 Å². The van der Waals surface area contributed by atoms with Gasteiger partial charge in [0, 0.05) is 23.5 Å². The lowest BCUT2D eigenvalue weighted by Crippen LogP contribution is -2.38. The van der Waals surface area contributed by atoms with Gasteiger partial charge < -0.3 is 10.6 Å². The molecule has 1 aliphatic carbocycles. The van der Waals surface area contributed by atoms with E-state index in [2.05, 4.69) is 42.5 Å². The van der Waals surface area contributed by atoms with Crippen molar-refractivity contribution in [2.24, 2.45) is 5.92 Å². The van der Waals surface area contributed by atoms with Crippen LogP contribution in [0.1, 0.15) is 41.8 Å². The second-order valence-corrected chi connectivity index (χ2v) is 8.34. The van der Waals surface area contributed by atoms with Crippen LogP contribution in [-0.4, -0.2) is 24.9 Å². The third-order valence-electron chi connectivity index (χ3n) is 3.55. The van der Waals surface area contributed by atoms with Gasteiger partial charge in [-0.05, 0) is 50.8 Å². The zero-order chi connectivity index (χ0) is 15.2. The standard InChI is InChI=1S/C14H18Br2N2O2S/c15-10-8-11(21-12(10)16)14(20)18-7-6-17-13(19)9-4-2-1-3-5-9/h8-9H,1-7H2,(H,17,19)(H,18,20). The van der Waals surface area contributed by atoms with Gasteiger partial charge in [0.05, 0.1) is 8.66 Å². The molecule has 0 unspecified atom stereocenters. The molecule has 0 atom stereocenters. The lowest BCUT2D eigenvalue weighted by atomic mass is 9.89. The second kappa shape index (κ2) is 8.29. The van der Waals surface area contributed by atoms with Gasteiger partial charge in [-0.25, -0.2) is 0 Å². The first-order valence-electron chi connectivity index (χ1n) is 7.08. The molecular weight excluding hydrogens is 420 g/mol. The van der Waals surface area contributed by atoms with E-state index in [1.54, 1.807) is 6.07 Å². The van der Waals surface area contributed by atoms with Crippen LogP contribution in [0.2, 0.25) is 0 Å². The zero-order valence-electron chi connectivity index (χ0n) is 11.6. The fraction of sp³-hybridized carbons (Fsp3) is 0.571. The molecule has 1 heterocycles. The maximum Gasteiger partial charge on any atom is 0.261 e. The molecule has 1 saturated carbocycles. The molecule has 2 rings (SSSR count). The average molecular weight is 438 g/mol. The molecule has 0 spiro atoms. The number of halogens is 2. The fourth-order valence-electron chi connectivity index (χ4n) is 2.42. The Morgan fingerprint density at radius 1 is 1.14 bits per heavy atom. The summed E-state index contributed by atoms with van der Waals surface area (Å²) in [7, 11) is 0. The molecule has 0 bridgehead atoms. The summed E-state index contributed by atoms with van der Waals surface area (Å²) in [5.74, 6) is 0.183. The summed E-state index contributed by atoms with van der Waals surface area (Å²) in [6.45, 7) is 0.930. The molecule has 116 valence electrons. The first kappa shape index (κ1) is 17.0. The maximum absolute atomic E-state index is 11.9. The Balaban J connectivity index is 1.67. The van der Waals surface area contributed by atoms with Gasteiger partial charge in [-0.1, -0.05) is 19.3 Å². The molecule has 0 radical (unpaired) electrons. The van der Waals surface area contributed by atoms with Crippen molar-refractivity contribution in [3.63, 3.8) is 0 Å². The summed E-state index contributed by atoms with van der Waals surface area (Å²) in [6.07, 6.45) is 5.53. The van der Waals surface area contributed by atoms with Gasteiger partial charge in [-0.3, -0.25) is 9.59 Å². The van der Waals surface area contributed by atoms with Gasteiger partial charge in [0.25, 0.3) is 5.91 Å². The maximum atomic E-state index is 11.9. The Bertz CT molecular complexity index is 494. The van der Waals surface area contributed by atoms with Gasteiger partial charge in [-0.2, -0.15) is 0 Å². The quantitative estimate of drug-likeness (QED) is 0.690. The topological polar surface area (TPSA) is 58.2 Å². The fourth-order valence-corrected chi connectivity index (χ4v) is 4.37. The molecule has 7 heteroatoms. The van der Waals surface area contributed by atoms with Crippen LogP contribution in [0.4, 0.5) is 0 Å². The van der Waals surface area contributed by atoms with Crippen molar-refractivity contribution >= 4 is 55.0 Å². The third kappa shape index (κ3) is 5.07. The van der Waals surface area contributed by atoms with Crippen LogP contribution in [0.5, 0.6) is 0 Å². The molecule has 2 amide bonds. The Morgan fingerprint density at radius 2 is 1.81 bits per heavy atom. The van der Waals surface area contributed by atoms with Crippen LogP contribution in [-0.2, 0) is 4.79 Å². The molecule has 2 N–H and O–H groups in total. The van der Waals surface area contributed by atoms with Crippen LogP contribution in [0.25, 0.3) is 0 Å². The molecule has 1 aromatic rings. The van der Waals surface area contributed by atoms with E-state index in [1.165, 1.54) is 17.8 Å². The van der Waals surface area contributed by atoms with E-state index in [0.717, 1.165) is 33.9 Å². The highest BCUT2D eigenvalue weighted by atomic mass is 79.9. The summed E-state index contributed by atoms with van der Waals surface area (Å²) in [5.41, 5.74) is 0. The van der Waals surface area contributed by atoms with E-state index >= 15 is 0 Å². The first-order valence-corrected chi connectivity index (χ1v) is 9.49. The summed E-state index contributed by atoms with van der Waals surface area (Å²) < 4.78 is 1.78. The highest BCUT2D eigenvalue weighted by Gasteiger charge is 2.20. The predicted octanol–water partition coefficient (Wildman–Crippen LogP) is 3.70. The minimum absolute atomic E-state index is 0.113. The number of amides is 2. The predicted molar refractivity (Wildman–Crippen MR) is 91.6 cm³/mol. The number of rotatable bonds is 5. The number of thiophene rings is 1. The highest BCUT2D eigenvalue weighted by Crippen LogP contribution is 2.32. The SMILES string of the molecule is O=C(NCCNC(=O)C1CCCCC1)c1cc(Br)c(Br)s1. The molecule has 0 aromatic carbocycles. The van der Waals surface area contributed by atoms with E-state index < -0.39 is 0 Å². The van der Waals surface area contributed by atoms with Crippen molar-refractivity contribution in [2.45, 2.75) is 32.1 Å². The van der Waals surface area contributed by atoms with Crippen molar-refractivity contribution in [1.29, 1.82) is 0 Å². The molecule has 0 saturated heterocycles. The van der Waals surface area contributed by atoms with Crippen molar-refractivity contribution in [3.05, 3.63) is 19.2 Å². The monoisotopic (exact) mass is 436 g/mol. The van der Waals surface area contributed by atoms with E-state index in [4.69, 9.17) is 0 Å². The van der Waals surface area contributed by atoms with Crippen molar-refractivity contribution in [2.75, 3.05) is 13.1 Å². The third-order valence-corrected chi connectivity index (χ3v) is 6.81. The zero-order valence-corrected chi connectivity index (χ0v) is 15.6. The lowest BCUT2D eigenvalue weighted by Gasteiger charge is -2.20. The minimum atomic E-state index is -0.113. The Labute approximate surface area is 145 Å². The summed E-state index contributed by atoms with van der Waals surface area (Å²) >= 11 is 8.10. The van der Waals surface area contributed by atoms with E-state index in [-0.39, 0.29) is 17.7 Å². The largest absolute Gasteiger partial charge is 0.354 e. The molecule has 1 aromatic heterocycles. The smallest absolute Gasteiger partial charge is 0.261 e. The van der Waals surface area contributed by atoms with E-state index in [1.807, 2.05) is 0 Å². The van der Waals surface area contributed by atoms with Gasteiger partial charge in [0.2, 0.25) is 5.91 Å². The summed E-state index contributed by atoms with van der Waals surface area (Å²) in [5, 5.41) is 5.72. The number of carbonyl (C=O) groups excluding carboxylic acids is 2. The molecule has 1 fully saturated rings. The first-order chi connectivity index (χ1) is 10.1. The van der Waals surface area contributed by atoms with E-state index in [9.17, 15) is 9.59 Å². The number of hydrogen-bond acceptors (Lipinski definition) is 3. The Morgan fingerprint density at radius 3 is 2.43 bits per heavy atom. The average Bonchev–Trinajstić information content (AvgIpc) is 2.84. The Kier molecular flexibility index (Phi) is 6.70. The normalized spacial score (nSPS) is 15.7. The van der Waals surface area contributed by atoms with Crippen LogP contribution in [0.3, 0.4) is 0 Å².